The van der Waals surface area contributed by atoms with Crippen LogP contribution in [0.5, 0.6) is 0 Å². The van der Waals surface area contributed by atoms with Crippen molar-refractivity contribution in [2.45, 2.75) is 31.7 Å². The zero-order valence-electron chi connectivity index (χ0n) is 12.7. The minimum Gasteiger partial charge on any atom is -0.320 e. The first-order chi connectivity index (χ1) is 11.0. The van der Waals surface area contributed by atoms with Gasteiger partial charge in [0.05, 0.1) is 6.54 Å². The van der Waals surface area contributed by atoms with Crippen LogP contribution in [0.25, 0.3) is 0 Å². The lowest BCUT2D eigenvalue weighted by Crippen LogP contribution is -2.48. The zero-order valence-corrected chi connectivity index (χ0v) is 12.7. The molecule has 0 atom stereocenters. The second kappa shape index (κ2) is 6.62. The average Bonchev–Trinajstić information content (AvgIpc) is 2.54. The molecule has 0 radical (unpaired) electrons. The first-order valence-corrected chi connectivity index (χ1v) is 7.82. The Morgan fingerprint density at radius 1 is 1.13 bits per heavy atom. The molecule has 0 aromatic heterocycles. The summed E-state index contributed by atoms with van der Waals surface area (Å²) in [5.41, 5.74) is 0.538. The normalized spacial score (nSPS) is 19.8. The van der Waals surface area contributed by atoms with E-state index in [0.29, 0.717) is 5.56 Å². The van der Waals surface area contributed by atoms with Crippen LogP contribution in [-0.2, 0) is 11.3 Å². The molecule has 5 nitrogen and oxygen atoms in total. The van der Waals surface area contributed by atoms with Crippen molar-refractivity contribution in [3.63, 3.8) is 0 Å². The van der Waals surface area contributed by atoms with Gasteiger partial charge in [0.15, 0.2) is 0 Å². The third kappa shape index (κ3) is 3.50. The van der Waals surface area contributed by atoms with Gasteiger partial charge >= 0.3 is 6.03 Å². The number of carbonyl (C=O) groups is 2. The van der Waals surface area contributed by atoms with E-state index in [4.69, 9.17) is 0 Å². The molecule has 0 unspecified atom stereocenters. The van der Waals surface area contributed by atoms with Crippen LogP contribution in [0.15, 0.2) is 12.1 Å². The first-order valence-electron chi connectivity index (χ1n) is 7.82. The number of nitrogens with zero attached hydrogens (tertiary/aromatic N) is 1. The Labute approximate surface area is 133 Å². The Balaban J connectivity index is 1.77. The number of imide groups is 1. The number of urea groups is 1. The van der Waals surface area contributed by atoms with Crippen LogP contribution >= 0.6 is 0 Å². The molecular weight excluding hydrogens is 304 g/mol. The second-order valence-electron chi connectivity index (χ2n) is 6.01. The highest BCUT2D eigenvalue weighted by Gasteiger charge is 2.25. The van der Waals surface area contributed by atoms with Crippen LogP contribution in [0.3, 0.4) is 0 Å². The maximum Gasteiger partial charge on any atom is 0.324 e. The SMILES string of the molecule is O=C1CCN(Cc2cc(F)c(C3CCNCC3)cc2F)C(=O)N1. The molecule has 0 aliphatic carbocycles. The van der Waals surface area contributed by atoms with Crippen LogP contribution in [0.1, 0.15) is 36.3 Å². The van der Waals surface area contributed by atoms with Crippen LogP contribution in [0.2, 0.25) is 0 Å². The second-order valence-corrected chi connectivity index (χ2v) is 6.01. The number of benzene rings is 1. The summed E-state index contributed by atoms with van der Waals surface area (Å²) in [4.78, 5) is 24.1. The van der Waals surface area contributed by atoms with Gasteiger partial charge in [0, 0.05) is 18.5 Å². The van der Waals surface area contributed by atoms with E-state index in [2.05, 4.69) is 10.6 Å². The summed E-state index contributed by atoms with van der Waals surface area (Å²) in [7, 11) is 0. The maximum absolute atomic E-state index is 14.4. The fourth-order valence-electron chi connectivity index (χ4n) is 3.13. The summed E-state index contributed by atoms with van der Waals surface area (Å²) in [6.45, 7) is 1.76. The van der Waals surface area contributed by atoms with Crippen molar-refractivity contribution in [2.75, 3.05) is 19.6 Å². The van der Waals surface area contributed by atoms with Crippen molar-refractivity contribution in [3.8, 4) is 0 Å². The Hall–Kier alpha value is -2.02. The van der Waals surface area contributed by atoms with Gasteiger partial charge in [-0.1, -0.05) is 0 Å². The summed E-state index contributed by atoms with van der Waals surface area (Å²) in [5, 5.41) is 5.37. The van der Waals surface area contributed by atoms with Gasteiger partial charge in [-0.3, -0.25) is 10.1 Å². The van der Waals surface area contributed by atoms with Crippen molar-refractivity contribution in [1.82, 2.24) is 15.5 Å². The number of piperidine rings is 1. The maximum atomic E-state index is 14.4. The Bertz CT molecular complexity index is 630. The van der Waals surface area contributed by atoms with Crippen LogP contribution in [-0.4, -0.2) is 36.5 Å². The molecule has 124 valence electrons. The molecule has 2 fully saturated rings. The van der Waals surface area contributed by atoms with Crippen LogP contribution < -0.4 is 10.6 Å². The first kappa shape index (κ1) is 15.9. The number of nitrogens with one attached hydrogen (secondary N) is 2. The predicted molar refractivity (Wildman–Crippen MR) is 79.8 cm³/mol. The lowest BCUT2D eigenvalue weighted by molar-refractivity contribution is -0.121. The average molecular weight is 323 g/mol. The van der Waals surface area contributed by atoms with E-state index in [0.717, 1.165) is 25.9 Å². The lowest BCUT2D eigenvalue weighted by Gasteiger charge is -2.27. The van der Waals surface area contributed by atoms with Gasteiger partial charge in [0.1, 0.15) is 11.6 Å². The van der Waals surface area contributed by atoms with E-state index in [1.54, 1.807) is 0 Å². The van der Waals surface area contributed by atoms with E-state index >= 15 is 0 Å². The topological polar surface area (TPSA) is 61.4 Å². The molecule has 3 rings (SSSR count). The molecule has 1 aromatic carbocycles. The molecule has 0 saturated carbocycles. The molecule has 0 spiro atoms. The third-order valence-corrected chi connectivity index (χ3v) is 4.45. The smallest absolute Gasteiger partial charge is 0.320 e. The van der Waals surface area contributed by atoms with Crippen molar-refractivity contribution in [3.05, 3.63) is 34.9 Å². The number of rotatable bonds is 3. The van der Waals surface area contributed by atoms with Crippen LogP contribution in [0.4, 0.5) is 13.6 Å². The van der Waals surface area contributed by atoms with E-state index in [1.165, 1.54) is 17.0 Å². The zero-order chi connectivity index (χ0) is 16.4. The monoisotopic (exact) mass is 323 g/mol. The fourth-order valence-corrected chi connectivity index (χ4v) is 3.13. The van der Waals surface area contributed by atoms with E-state index in [-0.39, 0.29) is 36.9 Å². The number of hydrogen-bond donors (Lipinski definition) is 2. The van der Waals surface area contributed by atoms with Crippen molar-refractivity contribution < 1.29 is 18.4 Å². The van der Waals surface area contributed by atoms with Gasteiger partial charge in [-0.05, 0) is 49.5 Å². The number of carbonyl (C=O) groups excluding carboxylic acids is 2. The van der Waals surface area contributed by atoms with Crippen LogP contribution in [0, 0.1) is 11.6 Å². The van der Waals surface area contributed by atoms with E-state index < -0.39 is 17.7 Å². The van der Waals surface area contributed by atoms with Crippen molar-refractivity contribution in [1.29, 1.82) is 0 Å². The quantitative estimate of drug-likeness (QED) is 0.893. The fraction of sp³-hybridized carbons (Fsp3) is 0.500. The highest BCUT2D eigenvalue weighted by atomic mass is 19.1. The van der Waals surface area contributed by atoms with Gasteiger partial charge < -0.3 is 10.2 Å². The summed E-state index contributed by atoms with van der Waals surface area (Å²) >= 11 is 0. The lowest BCUT2D eigenvalue weighted by atomic mass is 9.89. The molecule has 0 bridgehead atoms. The Morgan fingerprint density at radius 2 is 1.87 bits per heavy atom. The summed E-state index contributed by atoms with van der Waals surface area (Å²) in [6, 6.07) is 1.87. The highest BCUT2D eigenvalue weighted by molar-refractivity contribution is 5.96. The minimum atomic E-state index is -0.566. The van der Waals surface area contributed by atoms with Crippen molar-refractivity contribution in [2.24, 2.45) is 0 Å². The van der Waals surface area contributed by atoms with Gasteiger partial charge in [-0.25, -0.2) is 13.6 Å². The van der Waals surface area contributed by atoms with Gasteiger partial charge in [-0.15, -0.1) is 0 Å². The number of halogens is 2. The van der Waals surface area contributed by atoms with Gasteiger partial charge in [0.25, 0.3) is 0 Å². The molecule has 2 N–H and O–H groups in total. The molecule has 7 heteroatoms. The molecule has 3 amide bonds. The molecule has 2 heterocycles. The van der Waals surface area contributed by atoms with E-state index in [9.17, 15) is 18.4 Å². The number of amides is 3. The molecular formula is C16H19F2N3O2. The summed E-state index contributed by atoms with van der Waals surface area (Å²) in [5.74, 6) is -1.26. The third-order valence-electron chi connectivity index (χ3n) is 4.45. The molecule has 2 saturated heterocycles. The minimum absolute atomic E-state index is 0.0238. The highest BCUT2D eigenvalue weighted by Crippen LogP contribution is 2.29. The Kier molecular flexibility index (Phi) is 4.56. The van der Waals surface area contributed by atoms with Gasteiger partial charge in [-0.2, -0.15) is 0 Å². The standard InChI is InChI=1S/C16H19F2N3O2/c17-13-8-12(10-1-4-19-5-2-10)14(18)7-11(13)9-21-6-3-15(22)20-16(21)23/h7-8,10,19H,1-6,9H2,(H,20,22,23). The predicted octanol–water partition coefficient (Wildman–Crippen LogP) is 1.87. The molecule has 2 aliphatic rings. The summed E-state index contributed by atoms with van der Waals surface area (Å²) in [6.07, 6.45) is 1.74. The number of hydrogen-bond acceptors (Lipinski definition) is 3. The largest absolute Gasteiger partial charge is 0.324 e. The molecule has 1 aromatic rings. The summed E-state index contributed by atoms with van der Waals surface area (Å²) < 4.78 is 28.7. The van der Waals surface area contributed by atoms with E-state index in [1.807, 2.05) is 0 Å². The van der Waals surface area contributed by atoms with Gasteiger partial charge in [0.2, 0.25) is 5.91 Å². The Morgan fingerprint density at radius 3 is 2.57 bits per heavy atom. The molecule has 2 aliphatic heterocycles. The molecule has 23 heavy (non-hydrogen) atoms. The van der Waals surface area contributed by atoms with Crippen molar-refractivity contribution >= 4 is 11.9 Å².